The summed E-state index contributed by atoms with van der Waals surface area (Å²) in [5.41, 5.74) is 4.49. The lowest BCUT2D eigenvalue weighted by Gasteiger charge is -2.47. The van der Waals surface area contributed by atoms with Gasteiger partial charge in [-0.25, -0.2) is 0 Å². The van der Waals surface area contributed by atoms with Crippen LogP contribution in [0.15, 0.2) is 182 Å². The van der Waals surface area contributed by atoms with Gasteiger partial charge in [-0.2, -0.15) is 0 Å². The maximum Gasteiger partial charge on any atom is 0.187 e. The van der Waals surface area contributed by atoms with Crippen LogP contribution in [0, 0.1) is 0 Å². The summed E-state index contributed by atoms with van der Waals surface area (Å²) < 4.78 is 92.4. The van der Waals surface area contributed by atoms with Gasteiger partial charge < -0.3 is 52.5 Å². The maximum atomic E-state index is 12.2. The van der Waals surface area contributed by atoms with Gasteiger partial charge in [-0.15, -0.1) is 0 Å². The lowest BCUT2D eigenvalue weighted by molar-refractivity contribution is -0.348. The van der Waals surface area contributed by atoms with Gasteiger partial charge in [-0.05, 0) is 33.4 Å². The Bertz CT molecular complexity index is 2350. The predicted octanol–water partition coefficient (Wildman–Crippen LogP) is 8.60. The van der Waals surface area contributed by atoms with Crippen LogP contribution in [0.4, 0.5) is 0 Å². The summed E-state index contributed by atoms with van der Waals surface area (Å²) in [6.45, 7) is -3.44. The lowest BCUT2D eigenvalue weighted by atomic mass is 9.97. The van der Waals surface area contributed by atoms with E-state index in [9.17, 15) is 6.48 Å². The van der Waals surface area contributed by atoms with E-state index in [0.29, 0.717) is 16.7 Å². The van der Waals surface area contributed by atoms with E-state index in [0.717, 1.165) is 16.7 Å². The molecule has 0 aromatic heterocycles. The molecule has 0 amide bonds. The van der Waals surface area contributed by atoms with E-state index in [1.165, 1.54) is 0 Å². The van der Waals surface area contributed by atoms with Crippen molar-refractivity contribution in [3.05, 3.63) is 215 Å². The molecule has 0 saturated carbocycles. The summed E-state index contributed by atoms with van der Waals surface area (Å²) in [6, 6.07) is 56.3. The van der Waals surface area contributed by atoms with Crippen LogP contribution in [0.25, 0.3) is 0 Å². The lowest BCUT2D eigenvalue weighted by Crippen LogP contribution is -2.63. The Balaban J connectivity index is 1.12. The maximum absolute atomic E-state index is 12.2. The summed E-state index contributed by atoms with van der Waals surface area (Å²) >= 11 is 0. The first-order valence-corrected chi connectivity index (χ1v) is 22.3. The largest absolute Gasteiger partial charge is 0.387 e. The minimum Gasteiger partial charge on any atom is -0.387 e. The molecule has 2 aliphatic heterocycles. The molecule has 2 heterocycles. The molecule has 8 rings (SSSR count). The fourth-order valence-corrected chi connectivity index (χ4v) is 7.87. The van der Waals surface area contributed by atoms with Crippen molar-refractivity contribution in [3.63, 3.8) is 0 Å². The van der Waals surface area contributed by atoms with Gasteiger partial charge in [-0.1, -0.05) is 182 Å². The molecule has 0 aliphatic carbocycles. The number of methoxy groups -OCH3 is 1. The number of ether oxygens (including phenoxy) is 10. The second kappa shape index (κ2) is 25.1. The van der Waals surface area contributed by atoms with Crippen LogP contribution in [0.2, 0.25) is 0 Å². The number of aliphatic hydroxyl groups excluding tert-OH is 1. The van der Waals surface area contributed by atoms with Crippen molar-refractivity contribution in [1.29, 1.82) is 0 Å². The van der Waals surface area contributed by atoms with Crippen LogP contribution in [0.1, 0.15) is 37.5 Å². The molecule has 13 atom stereocenters. The van der Waals surface area contributed by atoms with Gasteiger partial charge in [0.05, 0.1) is 56.9 Å². The first-order chi connectivity index (χ1) is 33.8. The van der Waals surface area contributed by atoms with E-state index >= 15 is 0 Å². The van der Waals surface area contributed by atoms with E-state index in [4.69, 9.17) is 50.1 Å². The Morgan fingerprint density at radius 3 is 1.24 bits per heavy atom. The van der Waals surface area contributed by atoms with Crippen LogP contribution in [0.3, 0.4) is 0 Å². The highest BCUT2D eigenvalue weighted by atomic mass is 16.7. The Hall–Kier alpha value is -5.12. The number of aliphatic hydroxyl groups is 1. The molecule has 2 fully saturated rings. The zero-order valence-corrected chi connectivity index (χ0v) is 36.9. The highest BCUT2D eigenvalue weighted by molar-refractivity contribution is 5.18. The molecule has 1 N–H and O–H groups in total. The molecule has 0 radical (unpaired) electrons. The average molecular weight is 900 g/mol. The van der Waals surface area contributed by atoms with Gasteiger partial charge in [0.25, 0.3) is 0 Å². The van der Waals surface area contributed by atoms with E-state index < -0.39 is 81.2 Å². The van der Waals surface area contributed by atoms with Crippen LogP contribution >= 0.6 is 0 Å². The topological polar surface area (TPSA) is 113 Å². The smallest absolute Gasteiger partial charge is 0.187 e. The summed E-state index contributed by atoms with van der Waals surface area (Å²) in [4.78, 5) is 0. The van der Waals surface area contributed by atoms with Gasteiger partial charge in [0.2, 0.25) is 0 Å². The number of hydrogen-bond donors (Lipinski definition) is 1. The first-order valence-electron chi connectivity index (χ1n) is 24.0. The molecule has 2 aliphatic rings. The molecule has 2 saturated heterocycles. The normalized spacial score (nSPS) is 27.5. The predicted molar refractivity (Wildman–Crippen MR) is 247 cm³/mol. The van der Waals surface area contributed by atoms with E-state index in [1.807, 2.05) is 121 Å². The van der Waals surface area contributed by atoms with Crippen molar-refractivity contribution in [3.8, 4) is 0 Å². The van der Waals surface area contributed by atoms with Crippen LogP contribution in [-0.2, 0) is 86.9 Å². The Morgan fingerprint density at radius 1 is 0.394 bits per heavy atom. The molecule has 0 bridgehead atoms. The van der Waals surface area contributed by atoms with Crippen molar-refractivity contribution >= 4 is 0 Å². The zero-order valence-electron chi connectivity index (χ0n) is 39.9. The second-order valence-corrected chi connectivity index (χ2v) is 16.0. The number of hydrogen-bond acceptors (Lipinski definition) is 11. The molecular weight excluding hydrogens is 837 g/mol. The third-order valence-corrected chi connectivity index (χ3v) is 11.3. The quantitative estimate of drug-likeness (QED) is 0.0668. The standard InChI is InChI=1S/C55H60O11/c1-57-54-53(63-37-45-30-18-7-19-31-45)51(61-35-43-26-14-5-15-27-43)49(59-33-41-22-10-3-11-23-41)47(66-54)39-64-55-52(62-36-44-28-16-6-17-29-44)50(60-34-42-24-12-4-13-25-42)48(56)46(65-55)38-58-32-40-20-8-2-9-21-40/h2-31,46-56H,32-39H2,1H3/t46-,47-,48+,49-,50+,51+,52-,53-,54+,55?/m1/s1/i32D,34D,36D/t32?,34?,36?,46-,47-,48+,49-,50+,51+,52-,53-,54+,55?. The van der Waals surface area contributed by atoms with Gasteiger partial charge in [-0.3, -0.25) is 0 Å². The van der Waals surface area contributed by atoms with E-state index in [-0.39, 0.29) is 33.0 Å². The molecule has 6 aromatic carbocycles. The Morgan fingerprint density at radius 2 is 0.773 bits per heavy atom. The van der Waals surface area contributed by atoms with E-state index in [2.05, 4.69) is 0 Å². The molecular formula is C55H60O11. The van der Waals surface area contributed by atoms with Gasteiger partial charge in [0.15, 0.2) is 12.6 Å². The molecule has 11 nitrogen and oxygen atoms in total. The van der Waals surface area contributed by atoms with Crippen molar-refractivity contribution in [2.45, 2.75) is 101 Å². The van der Waals surface area contributed by atoms with Crippen LogP contribution in [-0.4, -0.2) is 86.8 Å². The fourth-order valence-electron chi connectivity index (χ4n) is 7.87. The minimum absolute atomic E-state index is 0.196. The zero-order chi connectivity index (χ0) is 47.8. The number of rotatable bonds is 23. The molecule has 6 aromatic rings. The summed E-state index contributed by atoms with van der Waals surface area (Å²) in [5.74, 6) is 0. The van der Waals surface area contributed by atoms with Gasteiger partial charge in [0.1, 0.15) is 48.8 Å². The molecule has 66 heavy (non-hydrogen) atoms. The first kappa shape index (κ1) is 43.5. The summed E-state index contributed by atoms with van der Waals surface area (Å²) in [6.07, 6.45) is -10.7. The van der Waals surface area contributed by atoms with E-state index in [1.54, 1.807) is 67.8 Å². The molecule has 4 unspecified atom stereocenters. The van der Waals surface area contributed by atoms with Crippen molar-refractivity contribution < 1.29 is 56.6 Å². The molecule has 11 heteroatoms. The second-order valence-electron chi connectivity index (χ2n) is 16.0. The van der Waals surface area contributed by atoms with Crippen molar-refractivity contribution in [2.75, 3.05) is 20.3 Å². The highest BCUT2D eigenvalue weighted by Crippen LogP contribution is 2.34. The molecule has 346 valence electrons. The fraction of sp³-hybridized carbons (Fsp3) is 0.345. The van der Waals surface area contributed by atoms with Gasteiger partial charge in [0, 0.05) is 7.11 Å². The monoisotopic (exact) mass is 899 g/mol. The minimum atomic E-state index is -1.46. The summed E-state index contributed by atoms with van der Waals surface area (Å²) in [7, 11) is 1.54. The highest BCUT2D eigenvalue weighted by Gasteiger charge is 2.51. The third kappa shape index (κ3) is 13.5. The van der Waals surface area contributed by atoms with Gasteiger partial charge >= 0.3 is 0 Å². The van der Waals surface area contributed by atoms with Crippen molar-refractivity contribution in [1.82, 2.24) is 0 Å². The third-order valence-electron chi connectivity index (χ3n) is 11.3. The SMILES string of the molecule is [2H]C(OC[C@H]1OC(OC[C@H]2O[C@H](OC)[C@H](OCc3ccccc3)[C@@H](OCc3ccccc3)[C@@H]2OCc2ccccc2)[C@H](OC([2H])c2ccccc2)[C@@H](OC([2H])c2ccccc2)[C@H]1O)c1ccccc1. The van der Waals surface area contributed by atoms with Crippen molar-refractivity contribution in [2.24, 2.45) is 0 Å². The Labute approximate surface area is 392 Å². The van der Waals surface area contributed by atoms with Crippen LogP contribution < -0.4 is 0 Å². The summed E-state index contributed by atoms with van der Waals surface area (Å²) in [5, 5.41) is 12.2. The average Bonchev–Trinajstić information content (AvgIpc) is 3.41. The Kier molecular flexibility index (Phi) is 16.5. The molecule has 0 spiro atoms. The number of benzene rings is 6. The van der Waals surface area contributed by atoms with Crippen LogP contribution in [0.5, 0.6) is 0 Å².